The molecule has 0 aromatic heterocycles. The molecule has 1 heterocycles. The van der Waals surface area contributed by atoms with E-state index in [0.29, 0.717) is 6.04 Å². The molecule has 2 fully saturated rings. The summed E-state index contributed by atoms with van der Waals surface area (Å²) in [4.78, 5) is 13.7. The molecule has 0 aromatic rings. The summed E-state index contributed by atoms with van der Waals surface area (Å²) in [6.45, 7) is 1.54. The highest BCUT2D eigenvalue weighted by Crippen LogP contribution is 2.18. The van der Waals surface area contributed by atoms with Crippen molar-refractivity contribution in [1.29, 1.82) is 0 Å². The number of likely N-dealkylation sites (tertiary alicyclic amines) is 1. The van der Waals surface area contributed by atoms with Gasteiger partial charge in [0.25, 0.3) is 0 Å². The molecule has 2 aliphatic rings. The first kappa shape index (κ1) is 10.7. The maximum atomic E-state index is 11.8. The summed E-state index contributed by atoms with van der Waals surface area (Å²) in [5, 5.41) is 3.11. The predicted molar refractivity (Wildman–Crippen MR) is 59.6 cm³/mol. The van der Waals surface area contributed by atoms with Gasteiger partial charge in [0.05, 0.1) is 0 Å². The number of hydrogen-bond donors (Lipinski definition) is 2. The normalized spacial score (nSPS) is 28.1. The van der Waals surface area contributed by atoms with E-state index in [4.69, 9.17) is 5.73 Å². The third-order valence-electron chi connectivity index (χ3n) is 3.44. The molecular formula is C11H21N3O. The molecule has 0 radical (unpaired) electrons. The minimum absolute atomic E-state index is 0.0925. The molecule has 1 aliphatic carbocycles. The van der Waals surface area contributed by atoms with E-state index < -0.39 is 0 Å². The highest BCUT2D eigenvalue weighted by Gasteiger charge is 2.25. The van der Waals surface area contributed by atoms with Gasteiger partial charge < -0.3 is 16.0 Å². The van der Waals surface area contributed by atoms with Crippen LogP contribution in [-0.2, 0) is 0 Å². The van der Waals surface area contributed by atoms with Crippen LogP contribution in [0.3, 0.4) is 0 Å². The van der Waals surface area contributed by atoms with Gasteiger partial charge in [-0.25, -0.2) is 4.79 Å². The van der Waals surface area contributed by atoms with E-state index in [1.54, 1.807) is 0 Å². The molecule has 4 heteroatoms. The first-order valence-corrected chi connectivity index (χ1v) is 6.07. The molecule has 3 N–H and O–H groups in total. The van der Waals surface area contributed by atoms with Crippen LogP contribution in [0.5, 0.6) is 0 Å². The van der Waals surface area contributed by atoms with Crippen molar-refractivity contribution >= 4 is 6.03 Å². The van der Waals surface area contributed by atoms with Gasteiger partial charge in [0.2, 0.25) is 0 Å². The number of rotatable bonds is 1. The van der Waals surface area contributed by atoms with Crippen LogP contribution >= 0.6 is 0 Å². The SMILES string of the molecule is N[C@H]1CCN(C(=O)NC2CCCCC2)C1. The van der Waals surface area contributed by atoms with E-state index in [0.717, 1.165) is 32.4 Å². The molecule has 1 saturated carbocycles. The zero-order valence-corrected chi connectivity index (χ0v) is 9.24. The molecule has 0 aromatic carbocycles. The van der Waals surface area contributed by atoms with Gasteiger partial charge in [-0.05, 0) is 19.3 Å². The Kier molecular flexibility index (Phi) is 3.46. The molecule has 0 unspecified atom stereocenters. The van der Waals surface area contributed by atoms with Crippen LogP contribution in [0.25, 0.3) is 0 Å². The lowest BCUT2D eigenvalue weighted by molar-refractivity contribution is 0.200. The highest BCUT2D eigenvalue weighted by molar-refractivity contribution is 5.74. The fraction of sp³-hybridized carbons (Fsp3) is 0.909. The Morgan fingerprint density at radius 3 is 2.53 bits per heavy atom. The Labute approximate surface area is 91.2 Å². The van der Waals surface area contributed by atoms with Crippen LogP contribution in [0.4, 0.5) is 4.79 Å². The number of carbonyl (C=O) groups excluding carboxylic acids is 1. The molecule has 2 rings (SSSR count). The van der Waals surface area contributed by atoms with Gasteiger partial charge in [-0.3, -0.25) is 0 Å². The lowest BCUT2D eigenvalue weighted by Crippen LogP contribution is -2.45. The number of amides is 2. The largest absolute Gasteiger partial charge is 0.335 e. The molecular weight excluding hydrogens is 190 g/mol. The summed E-state index contributed by atoms with van der Waals surface area (Å²) in [6, 6.07) is 0.681. The van der Waals surface area contributed by atoms with Crippen molar-refractivity contribution in [3.8, 4) is 0 Å². The molecule has 1 aliphatic heterocycles. The molecule has 1 saturated heterocycles. The van der Waals surface area contributed by atoms with Gasteiger partial charge in [-0.2, -0.15) is 0 Å². The maximum absolute atomic E-state index is 11.8. The quantitative estimate of drug-likeness (QED) is 0.681. The molecule has 15 heavy (non-hydrogen) atoms. The number of urea groups is 1. The fourth-order valence-electron chi connectivity index (χ4n) is 2.48. The van der Waals surface area contributed by atoms with Gasteiger partial charge in [-0.15, -0.1) is 0 Å². The van der Waals surface area contributed by atoms with Gasteiger partial charge in [0, 0.05) is 25.2 Å². The van der Waals surface area contributed by atoms with Crippen LogP contribution in [-0.4, -0.2) is 36.1 Å². The van der Waals surface area contributed by atoms with Crippen LogP contribution in [0.2, 0.25) is 0 Å². The third kappa shape index (κ3) is 2.84. The van der Waals surface area contributed by atoms with E-state index in [1.807, 2.05) is 4.90 Å². The monoisotopic (exact) mass is 211 g/mol. The number of nitrogens with one attached hydrogen (secondary N) is 1. The lowest BCUT2D eigenvalue weighted by Gasteiger charge is -2.25. The van der Waals surface area contributed by atoms with Crippen molar-refractivity contribution in [3.05, 3.63) is 0 Å². The number of carbonyl (C=O) groups is 1. The van der Waals surface area contributed by atoms with Crippen LogP contribution < -0.4 is 11.1 Å². The Morgan fingerprint density at radius 2 is 1.93 bits per heavy atom. The number of nitrogens with zero attached hydrogens (tertiary/aromatic N) is 1. The molecule has 0 bridgehead atoms. The van der Waals surface area contributed by atoms with Crippen molar-refractivity contribution in [2.75, 3.05) is 13.1 Å². The second kappa shape index (κ2) is 4.84. The van der Waals surface area contributed by atoms with Crippen molar-refractivity contribution < 1.29 is 4.79 Å². The van der Waals surface area contributed by atoms with Gasteiger partial charge in [-0.1, -0.05) is 19.3 Å². The van der Waals surface area contributed by atoms with Gasteiger partial charge >= 0.3 is 6.03 Å². The second-order valence-corrected chi connectivity index (χ2v) is 4.78. The average Bonchev–Trinajstić information content (AvgIpc) is 2.66. The Balaban J connectivity index is 1.76. The van der Waals surface area contributed by atoms with Crippen LogP contribution in [0, 0.1) is 0 Å². The van der Waals surface area contributed by atoms with Crippen LogP contribution in [0.1, 0.15) is 38.5 Å². The molecule has 2 amide bonds. The number of nitrogens with two attached hydrogens (primary N) is 1. The van der Waals surface area contributed by atoms with Crippen molar-refractivity contribution in [2.24, 2.45) is 5.73 Å². The smallest absolute Gasteiger partial charge is 0.317 e. The third-order valence-corrected chi connectivity index (χ3v) is 3.44. The van der Waals surface area contributed by atoms with E-state index in [9.17, 15) is 4.79 Å². The highest BCUT2D eigenvalue weighted by atomic mass is 16.2. The van der Waals surface area contributed by atoms with Crippen LogP contribution in [0.15, 0.2) is 0 Å². The summed E-state index contributed by atoms with van der Waals surface area (Å²) in [5.74, 6) is 0. The first-order valence-electron chi connectivity index (χ1n) is 6.07. The summed E-state index contributed by atoms with van der Waals surface area (Å²) in [6.07, 6.45) is 7.06. The van der Waals surface area contributed by atoms with E-state index >= 15 is 0 Å². The van der Waals surface area contributed by atoms with Gasteiger partial charge in [0.15, 0.2) is 0 Å². The molecule has 0 spiro atoms. The van der Waals surface area contributed by atoms with Crippen molar-refractivity contribution in [2.45, 2.75) is 50.6 Å². The zero-order chi connectivity index (χ0) is 10.7. The second-order valence-electron chi connectivity index (χ2n) is 4.78. The first-order chi connectivity index (χ1) is 7.25. The summed E-state index contributed by atoms with van der Waals surface area (Å²) >= 11 is 0. The minimum Gasteiger partial charge on any atom is -0.335 e. The lowest BCUT2D eigenvalue weighted by atomic mass is 9.96. The Morgan fingerprint density at radius 1 is 1.20 bits per heavy atom. The fourth-order valence-corrected chi connectivity index (χ4v) is 2.48. The average molecular weight is 211 g/mol. The zero-order valence-electron chi connectivity index (χ0n) is 9.24. The Bertz CT molecular complexity index is 226. The number of hydrogen-bond acceptors (Lipinski definition) is 2. The molecule has 1 atom stereocenters. The van der Waals surface area contributed by atoms with E-state index in [1.165, 1.54) is 19.3 Å². The standard InChI is InChI=1S/C11H21N3O/c12-9-6-7-14(8-9)11(15)13-10-4-2-1-3-5-10/h9-10H,1-8,12H2,(H,13,15)/t9-/m0/s1. The predicted octanol–water partition coefficient (Wildman–Crippen LogP) is 1.06. The molecule has 86 valence electrons. The van der Waals surface area contributed by atoms with Crippen molar-refractivity contribution in [3.63, 3.8) is 0 Å². The van der Waals surface area contributed by atoms with E-state index in [-0.39, 0.29) is 12.1 Å². The summed E-state index contributed by atoms with van der Waals surface area (Å²) in [5.41, 5.74) is 5.77. The Hall–Kier alpha value is -0.770. The van der Waals surface area contributed by atoms with E-state index in [2.05, 4.69) is 5.32 Å². The maximum Gasteiger partial charge on any atom is 0.317 e. The molecule has 4 nitrogen and oxygen atoms in total. The summed E-state index contributed by atoms with van der Waals surface area (Å²) < 4.78 is 0. The summed E-state index contributed by atoms with van der Waals surface area (Å²) in [7, 11) is 0. The minimum atomic E-state index is 0.0925. The van der Waals surface area contributed by atoms with Crippen molar-refractivity contribution in [1.82, 2.24) is 10.2 Å². The topological polar surface area (TPSA) is 58.4 Å². The van der Waals surface area contributed by atoms with Gasteiger partial charge in [0.1, 0.15) is 0 Å².